The third-order valence-corrected chi connectivity index (χ3v) is 3.78. The van der Waals surface area contributed by atoms with Gasteiger partial charge in [-0.15, -0.1) is 11.3 Å². The Bertz CT molecular complexity index is 374. The fourth-order valence-electron chi connectivity index (χ4n) is 1.77. The molecule has 0 aromatic carbocycles. The number of carbonyl (C=O) groups is 1. The van der Waals surface area contributed by atoms with E-state index < -0.39 is 0 Å². The molecule has 4 heteroatoms. The van der Waals surface area contributed by atoms with Gasteiger partial charge in [0, 0.05) is 11.0 Å². The number of carbonyl (C=O) groups excluding carboxylic acids is 1. The number of hydrogen-bond donors (Lipinski definition) is 2. The number of aliphatic hydroxyl groups is 1. The summed E-state index contributed by atoms with van der Waals surface area (Å²) in [5.41, 5.74) is -0.350. The molecule has 1 aromatic heterocycles. The first-order valence-corrected chi connectivity index (χ1v) is 6.27. The molecule has 16 heavy (non-hydrogen) atoms. The molecule has 1 aromatic rings. The Morgan fingerprint density at radius 3 is 2.94 bits per heavy atom. The largest absolute Gasteiger partial charge is 0.394 e. The number of aliphatic hydroxyl groups excluding tert-OH is 1. The summed E-state index contributed by atoms with van der Waals surface area (Å²) in [5, 5.41) is 14.0. The molecule has 0 bridgehead atoms. The molecule has 0 unspecified atom stereocenters. The molecule has 2 N–H and O–H groups in total. The maximum absolute atomic E-state index is 11.6. The molecule has 1 amide bonds. The van der Waals surface area contributed by atoms with Gasteiger partial charge in [-0.3, -0.25) is 4.79 Å². The molecule has 1 saturated carbocycles. The average molecular weight is 237 g/mol. The van der Waals surface area contributed by atoms with Crippen LogP contribution in [0.1, 0.15) is 24.1 Å². The third-order valence-electron chi connectivity index (χ3n) is 2.94. The molecule has 0 atom stereocenters. The Kier molecular flexibility index (Phi) is 3.41. The van der Waals surface area contributed by atoms with Crippen LogP contribution in [0.2, 0.25) is 0 Å². The molecule has 2 rings (SSSR count). The van der Waals surface area contributed by atoms with Crippen LogP contribution in [0.3, 0.4) is 0 Å². The van der Waals surface area contributed by atoms with Crippen LogP contribution in [-0.4, -0.2) is 23.2 Å². The zero-order chi connectivity index (χ0) is 11.4. The first-order chi connectivity index (χ1) is 7.74. The van der Waals surface area contributed by atoms with Crippen LogP contribution in [0.5, 0.6) is 0 Å². The van der Waals surface area contributed by atoms with E-state index in [2.05, 4.69) is 5.32 Å². The van der Waals surface area contributed by atoms with E-state index in [1.807, 2.05) is 17.5 Å². The second-order valence-electron chi connectivity index (χ2n) is 4.13. The fourth-order valence-corrected chi connectivity index (χ4v) is 2.39. The summed E-state index contributed by atoms with van der Waals surface area (Å²) in [4.78, 5) is 12.7. The van der Waals surface area contributed by atoms with Crippen LogP contribution >= 0.6 is 11.3 Å². The van der Waals surface area contributed by atoms with Crippen molar-refractivity contribution >= 4 is 23.3 Å². The highest BCUT2D eigenvalue weighted by atomic mass is 32.1. The lowest BCUT2D eigenvalue weighted by atomic mass is 9.77. The Morgan fingerprint density at radius 2 is 2.44 bits per heavy atom. The average Bonchev–Trinajstić information content (AvgIpc) is 2.73. The predicted octanol–water partition coefficient (Wildman–Crippen LogP) is 1.79. The van der Waals surface area contributed by atoms with Crippen molar-refractivity contribution in [2.75, 3.05) is 6.61 Å². The van der Waals surface area contributed by atoms with E-state index in [0.29, 0.717) is 0 Å². The van der Waals surface area contributed by atoms with E-state index in [1.54, 1.807) is 17.4 Å². The van der Waals surface area contributed by atoms with Crippen LogP contribution in [0, 0.1) is 0 Å². The number of hydrogen-bond acceptors (Lipinski definition) is 3. The Labute approximate surface area is 98.8 Å². The summed E-state index contributed by atoms with van der Waals surface area (Å²) >= 11 is 1.59. The number of rotatable bonds is 4. The number of thiophene rings is 1. The summed E-state index contributed by atoms with van der Waals surface area (Å²) < 4.78 is 0. The zero-order valence-electron chi connectivity index (χ0n) is 8.98. The molecule has 1 aliphatic rings. The highest BCUT2D eigenvalue weighted by molar-refractivity contribution is 7.10. The topological polar surface area (TPSA) is 49.3 Å². The van der Waals surface area contributed by atoms with Crippen LogP contribution in [0.4, 0.5) is 0 Å². The molecule has 3 nitrogen and oxygen atoms in total. The van der Waals surface area contributed by atoms with Gasteiger partial charge in [-0.1, -0.05) is 6.07 Å². The fraction of sp³-hybridized carbons (Fsp3) is 0.417. The highest BCUT2D eigenvalue weighted by Gasteiger charge is 2.37. The lowest BCUT2D eigenvalue weighted by Gasteiger charge is -2.40. The summed E-state index contributed by atoms with van der Waals surface area (Å²) in [6.07, 6.45) is 6.16. The Hall–Kier alpha value is -1.13. The SMILES string of the molecule is O=C(/C=C/c1cccs1)NC1(CO)CCC1. The van der Waals surface area contributed by atoms with Crippen LogP contribution in [-0.2, 0) is 4.79 Å². The minimum absolute atomic E-state index is 0.0333. The zero-order valence-corrected chi connectivity index (χ0v) is 9.80. The molecule has 1 heterocycles. The Balaban J connectivity index is 1.89. The van der Waals surface area contributed by atoms with Gasteiger partial charge < -0.3 is 10.4 Å². The molecule has 1 aliphatic carbocycles. The van der Waals surface area contributed by atoms with Crippen LogP contribution in [0.25, 0.3) is 6.08 Å². The molecule has 86 valence electrons. The third kappa shape index (κ3) is 2.51. The molecular formula is C12H15NO2S. The monoisotopic (exact) mass is 237 g/mol. The van der Waals surface area contributed by atoms with Gasteiger partial charge in [0.05, 0.1) is 12.1 Å². The van der Waals surface area contributed by atoms with Crippen molar-refractivity contribution in [1.82, 2.24) is 5.32 Å². The lowest BCUT2D eigenvalue weighted by Crippen LogP contribution is -2.55. The summed E-state index contributed by atoms with van der Waals surface area (Å²) in [5.74, 6) is -0.123. The first-order valence-electron chi connectivity index (χ1n) is 5.39. The van der Waals surface area contributed by atoms with Gasteiger partial charge >= 0.3 is 0 Å². The van der Waals surface area contributed by atoms with Crippen molar-refractivity contribution in [3.05, 3.63) is 28.5 Å². The summed E-state index contributed by atoms with van der Waals surface area (Å²) in [6.45, 7) is 0.0333. The van der Waals surface area contributed by atoms with Gasteiger partial charge in [0.1, 0.15) is 0 Å². The van der Waals surface area contributed by atoms with Crippen molar-refractivity contribution in [3.63, 3.8) is 0 Å². The van der Waals surface area contributed by atoms with Gasteiger partial charge in [0.15, 0.2) is 0 Å². The predicted molar refractivity (Wildman–Crippen MR) is 65.2 cm³/mol. The normalized spacial score (nSPS) is 18.3. The molecule has 0 spiro atoms. The molecule has 0 aliphatic heterocycles. The van der Waals surface area contributed by atoms with E-state index in [-0.39, 0.29) is 18.1 Å². The van der Waals surface area contributed by atoms with E-state index in [4.69, 9.17) is 0 Å². The van der Waals surface area contributed by atoms with E-state index >= 15 is 0 Å². The van der Waals surface area contributed by atoms with E-state index in [1.165, 1.54) is 6.08 Å². The second kappa shape index (κ2) is 4.80. The second-order valence-corrected chi connectivity index (χ2v) is 5.11. The van der Waals surface area contributed by atoms with Crippen LogP contribution in [0.15, 0.2) is 23.6 Å². The molecule has 1 fully saturated rings. The highest BCUT2D eigenvalue weighted by Crippen LogP contribution is 2.31. The van der Waals surface area contributed by atoms with Crippen molar-refractivity contribution in [2.24, 2.45) is 0 Å². The number of nitrogens with one attached hydrogen (secondary N) is 1. The van der Waals surface area contributed by atoms with E-state index in [9.17, 15) is 9.90 Å². The first kappa shape index (κ1) is 11.4. The molecular weight excluding hydrogens is 222 g/mol. The minimum Gasteiger partial charge on any atom is -0.394 e. The maximum Gasteiger partial charge on any atom is 0.244 e. The van der Waals surface area contributed by atoms with Gasteiger partial charge in [0.2, 0.25) is 5.91 Å². The van der Waals surface area contributed by atoms with Crippen molar-refractivity contribution in [3.8, 4) is 0 Å². The van der Waals surface area contributed by atoms with Crippen LogP contribution < -0.4 is 5.32 Å². The quantitative estimate of drug-likeness (QED) is 0.784. The smallest absolute Gasteiger partial charge is 0.244 e. The molecule has 0 radical (unpaired) electrons. The summed E-state index contributed by atoms with van der Waals surface area (Å²) in [7, 11) is 0. The standard InChI is InChI=1S/C12H15NO2S/c14-9-12(6-2-7-12)13-11(15)5-4-10-3-1-8-16-10/h1,3-5,8,14H,2,6-7,9H2,(H,13,15)/b5-4+. The van der Waals surface area contributed by atoms with Gasteiger partial charge in [-0.25, -0.2) is 0 Å². The maximum atomic E-state index is 11.6. The van der Waals surface area contributed by atoms with Gasteiger partial charge in [0.25, 0.3) is 0 Å². The summed E-state index contributed by atoms with van der Waals surface area (Å²) in [6, 6.07) is 3.91. The minimum atomic E-state index is -0.350. The van der Waals surface area contributed by atoms with E-state index in [0.717, 1.165) is 24.1 Å². The van der Waals surface area contributed by atoms with Crippen molar-refractivity contribution in [2.45, 2.75) is 24.8 Å². The number of amides is 1. The van der Waals surface area contributed by atoms with Gasteiger partial charge in [-0.05, 0) is 36.8 Å². The van der Waals surface area contributed by atoms with Crippen molar-refractivity contribution < 1.29 is 9.90 Å². The Morgan fingerprint density at radius 1 is 1.62 bits per heavy atom. The lowest BCUT2D eigenvalue weighted by molar-refractivity contribution is -0.120. The van der Waals surface area contributed by atoms with Gasteiger partial charge in [-0.2, -0.15) is 0 Å². The van der Waals surface area contributed by atoms with Crippen molar-refractivity contribution in [1.29, 1.82) is 0 Å². The molecule has 0 saturated heterocycles.